The van der Waals surface area contributed by atoms with E-state index in [9.17, 15) is 19.8 Å². The first kappa shape index (κ1) is 26.9. The SMILES string of the molecule is CCCCCCCCCCCC(=O)N[C@@H](CO)[C@H](O)CCOc1ccc2ccc(=O)oc2c1. The molecule has 0 aliphatic carbocycles. The Hall–Kier alpha value is -2.38. The zero-order chi connectivity index (χ0) is 23.9. The van der Waals surface area contributed by atoms with Crippen LogP contribution in [0.1, 0.15) is 77.6 Å². The van der Waals surface area contributed by atoms with Gasteiger partial charge < -0.3 is 24.7 Å². The second-order valence-corrected chi connectivity index (χ2v) is 8.59. The standard InChI is InChI=1S/C26H39NO6/c1-2-3-4-5-6-7-8-9-10-11-25(30)27-22(19-28)23(29)16-17-32-21-14-12-20-13-15-26(31)33-24(20)18-21/h12-15,18,22-23,28-29H,2-11,16-17,19H2,1H3,(H,27,30)/t22-,23+/m0/s1. The summed E-state index contributed by atoms with van der Waals surface area (Å²) in [5, 5.41) is 23.5. The van der Waals surface area contributed by atoms with Crippen molar-refractivity contribution in [2.45, 2.75) is 89.7 Å². The van der Waals surface area contributed by atoms with Crippen LogP contribution in [-0.4, -0.2) is 41.5 Å². The molecule has 1 heterocycles. The molecular formula is C26H39NO6. The molecule has 2 aromatic rings. The van der Waals surface area contributed by atoms with Gasteiger partial charge in [-0.15, -0.1) is 0 Å². The van der Waals surface area contributed by atoms with Crippen molar-refractivity contribution in [3.05, 3.63) is 40.8 Å². The monoisotopic (exact) mass is 461 g/mol. The summed E-state index contributed by atoms with van der Waals surface area (Å²) in [6.07, 6.45) is 10.3. The second-order valence-electron chi connectivity index (χ2n) is 8.59. The first-order valence-electron chi connectivity index (χ1n) is 12.3. The van der Waals surface area contributed by atoms with Crippen molar-refractivity contribution in [2.24, 2.45) is 0 Å². The van der Waals surface area contributed by atoms with Crippen LogP contribution in [0.5, 0.6) is 5.75 Å². The predicted molar refractivity (Wildman–Crippen MR) is 129 cm³/mol. The third-order valence-electron chi connectivity index (χ3n) is 5.79. The van der Waals surface area contributed by atoms with Crippen LogP contribution in [0, 0.1) is 0 Å². The van der Waals surface area contributed by atoms with Gasteiger partial charge in [-0.25, -0.2) is 4.79 Å². The summed E-state index contributed by atoms with van der Waals surface area (Å²) >= 11 is 0. The van der Waals surface area contributed by atoms with Gasteiger partial charge >= 0.3 is 5.63 Å². The van der Waals surface area contributed by atoms with Crippen molar-refractivity contribution in [3.63, 3.8) is 0 Å². The van der Waals surface area contributed by atoms with Crippen molar-refractivity contribution in [2.75, 3.05) is 13.2 Å². The van der Waals surface area contributed by atoms with E-state index in [0.29, 0.717) is 17.8 Å². The van der Waals surface area contributed by atoms with E-state index in [1.165, 1.54) is 44.6 Å². The fourth-order valence-corrected chi connectivity index (χ4v) is 3.77. The van der Waals surface area contributed by atoms with Crippen molar-refractivity contribution < 1.29 is 24.2 Å². The summed E-state index contributed by atoms with van der Waals surface area (Å²) in [6.45, 7) is 2.06. The summed E-state index contributed by atoms with van der Waals surface area (Å²) in [4.78, 5) is 23.5. The molecule has 0 spiro atoms. The third kappa shape index (κ3) is 10.4. The number of unbranched alkanes of at least 4 members (excludes halogenated alkanes) is 8. The maximum atomic E-state index is 12.2. The Labute approximate surface area is 196 Å². The van der Waals surface area contributed by atoms with Crippen LogP contribution in [0.3, 0.4) is 0 Å². The normalized spacial score (nSPS) is 13.1. The average molecular weight is 462 g/mol. The number of hydrogen-bond acceptors (Lipinski definition) is 6. The highest BCUT2D eigenvalue weighted by atomic mass is 16.5. The second kappa shape index (κ2) is 15.5. The summed E-state index contributed by atoms with van der Waals surface area (Å²) in [6, 6.07) is 7.47. The van der Waals surface area contributed by atoms with Gasteiger partial charge in [-0.3, -0.25) is 4.79 Å². The van der Waals surface area contributed by atoms with Gasteiger partial charge in [0.25, 0.3) is 0 Å². The van der Waals surface area contributed by atoms with Crippen LogP contribution >= 0.6 is 0 Å². The molecular weight excluding hydrogens is 422 g/mol. The zero-order valence-electron chi connectivity index (χ0n) is 19.8. The van der Waals surface area contributed by atoms with Crippen molar-refractivity contribution in [3.8, 4) is 5.75 Å². The lowest BCUT2D eigenvalue weighted by molar-refractivity contribution is -0.123. The number of fused-ring (bicyclic) bond motifs is 1. The van der Waals surface area contributed by atoms with Crippen LogP contribution in [0.4, 0.5) is 0 Å². The molecule has 7 nitrogen and oxygen atoms in total. The molecule has 1 aromatic heterocycles. The van der Waals surface area contributed by atoms with E-state index in [4.69, 9.17) is 9.15 Å². The van der Waals surface area contributed by atoms with Crippen LogP contribution in [0.2, 0.25) is 0 Å². The number of aliphatic hydroxyl groups excluding tert-OH is 2. The Morgan fingerprint density at radius 2 is 1.70 bits per heavy atom. The first-order chi connectivity index (χ1) is 16.0. The molecule has 0 bridgehead atoms. The van der Waals surface area contributed by atoms with Crippen molar-refractivity contribution >= 4 is 16.9 Å². The highest BCUT2D eigenvalue weighted by Gasteiger charge is 2.20. The molecule has 7 heteroatoms. The molecule has 3 N–H and O–H groups in total. The maximum Gasteiger partial charge on any atom is 0.336 e. The number of amides is 1. The smallest absolute Gasteiger partial charge is 0.336 e. The number of carbonyl (C=O) groups excluding carboxylic acids is 1. The summed E-state index contributed by atoms with van der Waals surface area (Å²) in [7, 11) is 0. The molecule has 0 radical (unpaired) electrons. The van der Waals surface area contributed by atoms with Gasteiger partial charge in [0.2, 0.25) is 5.91 Å². The molecule has 0 saturated carbocycles. The minimum absolute atomic E-state index is 0.151. The lowest BCUT2D eigenvalue weighted by Crippen LogP contribution is -2.46. The lowest BCUT2D eigenvalue weighted by Gasteiger charge is -2.22. The Bertz CT molecular complexity index is 880. The van der Waals surface area contributed by atoms with Gasteiger partial charge in [-0.05, 0) is 24.6 Å². The summed E-state index contributed by atoms with van der Waals surface area (Å²) in [5.41, 5.74) is -0.00319. The predicted octanol–water partition coefficient (Wildman–Crippen LogP) is 4.32. The largest absolute Gasteiger partial charge is 0.493 e. The van der Waals surface area contributed by atoms with E-state index in [-0.39, 0.29) is 25.5 Å². The van der Waals surface area contributed by atoms with Crippen LogP contribution < -0.4 is 15.7 Å². The number of ether oxygens (including phenoxy) is 1. The molecule has 2 rings (SSSR count). The molecule has 184 valence electrons. The molecule has 0 unspecified atom stereocenters. The number of hydrogen-bond donors (Lipinski definition) is 3. The number of carbonyl (C=O) groups is 1. The van der Waals surface area contributed by atoms with E-state index in [0.717, 1.165) is 24.6 Å². The number of benzene rings is 1. The minimum atomic E-state index is -0.930. The number of nitrogens with one attached hydrogen (secondary N) is 1. The molecule has 0 aliphatic rings. The molecule has 0 fully saturated rings. The van der Waals surface area contributed by atoms with Gasteiger partial charge in [0.05, 0.1) is 25.4 Å². The molecule has 1 amide bonds. The fourth-order valence-electron chi connectivity index (χ4n) is 3.77. The molecule has 0 aliphatic heterocycles. The number of rotatable bonds is 17. The minimum Gasteiger partial charge on any atom is -0.493 e. The highest BCUT2D eigenvalue weighted by molar-refractivity contribution is 5.77. The van der Waals surface area contributed by atoms with Crippen LogP contribution in [0.15, 0.2) is 39.5 Å². The van der Waals surface area contributed by atoms with Crippen molar-refractivity contribution in [1.82, 2.24) is 5.32 Å². The average Bonchev–Trinajstić information content (AvgIpc) is 2.81. The lowest BCUT2D eigenvalue weighted by atomic mass is 10.1. The number of aliphatic hydroxyl groups is 2. The summed E-state index contributed by atoms with van der Waals surface area (Å²) in [5.74, 6) is 0.362. The Morgan fingerprint density at radius 3 is 2.39 bits per heavy atom. The van der Waals surface area contributed by atoms with Crippen molar-refractivity contribution in [1.29, 1.82) is 0 Å². The van der Waals surface area contributed by atoms with E-state index >= 15 is 0 Å². The Balaban J connectivity index is 1.63. The molecule has 33 heavy (non-hydrogen) atoms. The van der Waals surface area contributed by atoms with Crippen LogP contribution in [0.25, 0.3) is 11.0 Å². The Kier molecular flexibility index (Phi) is 12.6. The van der Waals surface area contributed by atoms with Gasteiger partial charge in [-0.2, -0.15) is 0 Å². The Morgan fingerprint density at radius 1 is 1.03 bits per heavy atom. The maximum absolute atomic E-state index is 12.2. The van der Waals surface area contributed by atoms with E-state index < -0.39 is 17.8 Å². The van der Waals surface area contributed by atoms with Crippen LogP contribution in [-0.2, 0) is 4.79 Å². The molecule has 0 saturated heterocycles. The topological polar surface area (TPSA) is 109 Å². The third-order valence-corrected chi connectivity index (χ3v) is 5.79. The van der Waals surface area contributed by atoms with Gasteiger partial charge in [0.1, 0.15) is 11.3 Å². The summed E-state index contributed by atoms with van der Waals surface area (Å²) < 4.78 is 10.8. The molecule has 2 atom stereocenters. The quantitative estimate of drug-likeness (QED) is 0.239. The highest BCUT2D eigenvalue weighted by Crippen LogP contribution is 2.20. The zero-order valence-corrected chi connectivity index (χ0v) is 19.8. The van der Waals surface area contributed by atoms with Gasteiger partial charge in [-0.1, -0.05) is 58.3 Å². The van der Waals surface area contributed by atoms with E-state index in [1.54, 1.807) is 24.3 Å². The van der Waals surface area contributed by atoms with E-state index in [1.807, 2.05) is 0 Å². The van der Waals surface area contributed by atoms with Gasteiger partial charge in [0.15, 0.2) is 0 Å². The molecule has 1 aromatic carbocycles. The van der Waals surface area contributed by atoms with Gasteiger partial charge in [0, 0.05) is 30.4 Å². The fraction of sp³-hybridized carbons (Fsp3) is 0.615. The first-order valence-corrected chi connectivity index (χ1v) is 12.3. The van der Waals surface area contributed by atoms with E-state index in [2.05, 4.69) is 12.2 Å².